The van der Waals surface area contributed by atoms with E-state index in [1.165, 1.54) is 13.2 Å². The van der Waals surface area contributed by atoms with E-state index in [1.54, 1.807) is 6.92 Å². The summed E-state index contributed by atoms with van der Waals surface area (Å²) in [5.74, 6) is -1.36. The van der Waals surface area contributed by atoms with Crippen molar-refractivity contribution in [2.75, 3.05) is 25.6 Å². The molecule has 0 bridgehead atoms. The molecule has 0 aliphatic carbocycles. The molecule has 116 valence electrons. The lowest BCUT2D eigenvalue weighted by molar-refractivity contribution is -0.385. The molecule has 21 heavy (non-hydrogen) atoms. The SMILES string of the molecule is COCCC(C)(O)CNc1ccc(C(=O)O)c([N+](=O)[O-])c1. The number of aliphatic hydroxyl groups is 1. The minimum atomic E-state index is -1.36. The van der Waals surface area contributed by atoms with E-state index in [1.807, 2.05) is 0 Å². The Morgan fingerprint density at radius 1 is 1.52 bits per heavy atom. The van der Waals surface area contributed by atoms with Crippen molar-refractivity contribution in [1.29, 1.82) is 0 Å². The number of hydrogen-bond donors (Lipinski definition) is 3. The van der Waals surface area contributed by atoms with E-state index in [0.29, 0.717) is 18.7 Å². The highest BCUT2D eigenvalue weighted by molar-refractivity contribution is 5.93. The highest BCUT2D eigenvalue weighted by atomic mass is 16.6. The van der Waals surface area contributed by atoms with E-state index in [4.69, 9.17) is 9.84 Å². The Morgan fingerprint density at radius 3 is 2.71 bits per heavy atom. The molecule has 0 saturated heterocycles. The van der Waals surface area contributed by atoms with Gasteiger partial charge in [0.15, 0.2) is 0 Å². The van der Waals surface area contributed by atoms with E-state index < -0.39 is 22.2 Å². The summed E-state index contributed by atoms with van der Waals surface area (Å²) in [6, 6.07) is 3.71. The lowest BCUT2D eigenvalue weighted by atomic mass is 10.0. The van der Waals surface area contributed by atoms with Crippen LogP contribution >= 0.6 is 0 Å². The third-order valence-electron chi connectivity index (χ3n) is 2.94. The topological polar surface area (TPSA) is 122 Å². The molecule has 8 heteroatoms. The third-order valence-corrected chi connectivity index (χ3v) is 2.94. The molecule has 8 nitrogen and oxygen atoms in total. The van der Waals surface area contributed by atoms with Crippen LogP contribution < -0.4 is 5.32 Å². The van der Waals surface area contributed by atoms with Crippen LogP contribution in [0.25, 0.3) is 0 Å². The first-order valence-electron chi connectivity index (χ1n) is 6.24. The van der Waals surface area contributed by atoms with Crippen molar-refractivity contribution in [3.8, 4) is 0 Å². The van der Waals surface area contributed by atoms with Crippen LogP contribution in [-0.4, -0.2) is 47.0 Å². The van der Waals surface area contributed by atoms with Gasteiger partial charge in [0.25, 0.3) is 5.69 Å². The molecular weight excluding hydrogens is 280 g/mol. The fourth-order valence-electron chi connectivity index (χ4n) is 1.68. The van der Waals surface area contributed by atoms with Gasteiger partial charge in [-0.1, -0.05) is 0 Å². The average molecular weight is 298 g/mol. The molecule has 1 aromatic carbocycles. The molecule has 0 aromatic heterocycles. The Balaban J connectivity index is 2.83. The lowest BCUT2D eigenvalue weighted by Gasteiger charge is -2.23. The molecule has 0 spiro atoms. The number of methoxy groups -OCH3 is 1. The van der Waals surface area contributed by atoms with Gasteiger partial charge in [-0.25, -0.2) is 4.79 Å². The lowest BCUT2D eigenvalue weighted by Crippen LogP contribution is -2.34. The first-order chi connectivity index (χ1) is 9.76. The number of nitro groups is 1. The molecular formula is C13H18N2O6. The number of hydrogen-bond acceptors (Lipinski definition) is 6. The molecule has 0 aliphatic rings. The Labute approximate surface area is 121 Å². The van der Waals surface area contributed by atoms with E-state index in [0.717, 1.165) is 12.1 Å². The Hall–Kier alpha value is -2.19. The van der Waals surface area contributed by atoms with Gasteiger partial charge in [0.05, 0.1) is 10.5 Å². The highest BCUT2D eigenvalue weighted by Gasteiger charge is 2.22. The van der Waals surface area contributed by atoms with Crippen molar-refractivity contribution in [3.63, 3.8) is 0 Å². The minimum Gasteiger partial charge on any atom is -0.477 e. The number of rotatable bonds is 8. The number of nitrogens with zero attached hydrogens (tertiary/aromatic N) is 1. The molecule has 1 rings (SSSR count). The third kappa shape index (κ3) is 5.01. The van der Waals surface area contributed by atoms with Gasteiger partial charge in [0, 0.05) is 38.4 Å². The van der Waals surface area contributed by atoms with Crippen LogP contribution in [0.1, 0.15) is 23.7 Å². The van der Waals surface area contributed by atoms with Crippen LogP contribution in [0.3, 0.4) is 0 Å². The summed E-state index contributed by atoms with van der Waals surface area (Å²) in [5.41, 5.74) is -1.55. The Bertz CT molecular complexity index is 529. The van der Waals surface area contributed by atoms with Gasteiger partial charge < -0.3 is 20.3 Å². The number of nitrogens with one attached hydrogen (secondary N) is 1. The first kappa shape index (κ1) is 16.9. The molecule has 0 amide bonds. The molecule has 0 heterocycles. The van der Waals surface area contributed by atoms with E-state index in [2.05, 4.69) is 5.32 Å². The average Bonchev–Trinajstić information content (AvgIpc) is 2.42. The summed E-state index contributed by atoms with van der Waals surface area (Å²) < 4.78 is 4.88. The smallest absolute Gasteiger partial charge is 0.342 e. The Morgan fingerprint density at radius 2 is 2.19 bits per heavy atom. The first-order valence-corrected chi connectivity index (χ1v) is 6.24. The summed E-state index contributed by atoms with van der Waals surface area (Å²) >= 11 is 0. The molecule has 0 aliphatic heterocycles. The zero-order valence-corrected chi connectivity index (χ0v) is 11.8. The van der Waals surface area contributed by atoms with Crippen LogP contribution in [0, 0.1) is 10.1 Å². The number of ether oxygens (including phenoxy) is 1. The van der Waals surface area contributed by atoms with Gasteiger partial charge in [0.1, 0.15) is 5.56 Å². The Kier molecular flexibility index (Phi) is 5.62. The summed E-state index contributed by atoms with van der Waals surface area (Å²) in [6.07, 6.45) is 0.395. The zero-order chi connectivity index (χ0) is 16.0. The molecule has 0 saturated carbocycles. The van der Waals surface area contributed by atoms with E-state index >= 15 is 0 Å². The maximum atomic E-state index is 10.9. The van der Waals surface area contributed by atoms with Crippen LogP contribution in [0.15, 0.2) is 18.2 Å². The second-order valence-electron chi connectivity index (χ2n) is 4.89. The van der Waals surface area contributed by atoms with Crippen molar-refractivity contribution in [1.82, 2.24) is 0 Å². The van der Waals surface area contributed by atoms with Gasteiger partial charge in [-0.3, -0.25) is 10.1 Å². The number of carbonyl (C=O) groups is 1. The largest absolute Gasteiger partial charge is 0.477 e. The van der Waals surface area contributed by atoms with Gasteiger partial charge in [-0.05, 0) is 19.1 Å². The van der Waals surface area contributed by atoms with Gasteiger partial charge >= 0.3 is 5.97 Å². The minimum absolute atomic E-state index is 0.153. The zero-order valence-electron chi connectivity index (χ0n) is 11.8. The van der Waals surface area contributed by atoms with Crippen molar-refractivity contribution in [2.45, 2.75) is 18.9 Å². The predicted octanol–water partition coefficient (Wildman–Crippen LogP) is 1.49. The molecule has 1 aromatic rings. The van der Waals surface area contributed by atoms with E-state index in [-0.39, 0.29) is 12.1 Å². The molecule has 0 fully saturated rings. The monoisotopic (exact) mass is 298 g/mol. The molecule has 3 N–H and O–H groups in total. The van der Waals surface area contributed by atoms with Gasteiger partial charge in [-0.2, -0.15) is 0 Å². The standard InChI is InChI=1S/C13H18N2O6/c1-13(18,5-6-21-2)8-14-9-3-4-10(12(16)17)11(7-9)15(19)20/h3-4,7,14,18H,5-6,8H2,1-2H3,(H,16,17). The maximum Gasteiger partial charge on any atom is 0.342 e. The number of aromatic carboxylic acids is 1. The normalized spacial score (nSPS) is 13.5. The van der Waals surface area contributed by atoms with Crippen LogP contribution in [-0.2, 0) is 4.74 Å². The van der Waals surface area contributed by atoms with Gasteiger partial charge in [-0.15, -0.1) is 0 Å². The molecule has 1 unspecified atom stereocenters. The summed E-state index contributed by atoms with van der Waals surface area (Å²) in [4.78, 5) is 21.0. The van der Waals surface area contributed by atoms with Crippen molar-refractivity contribution < 1.29 is 24.7 Å². The van der Waals surface area contributed by atoms with E-state index in [9.17, 15) is 20.0 Å². The van der Waals surface area contributed by atoms with Crippen LogP contribution in [0.5, 0.6) is 0 Å². The number of anilines is 1. The maximum absolute atomic E-state index is 10.9. The fraction of sp³-hybridized carbons (Fsp3) is 0.462. The number of carboxylic acid groups (broad SMARTS) is 1. The van der Waals surface area contributed by atoms with Crippen molar-refractivity contribution in [2.24, 2.45) is 0 Å². The summed E-state index contributed by atoms with van der Waals surface area (Å²) in [5, 5.41) is 32.7. The van der Waals surface area contributed by atoms with Gasteiger partial charge in [0.2, 0.25) is 0 Å². The second kappa shape index (κ2) is 7.00. The highest BCUT2D eigenvalue weighted by Crippen LogP contribution is 2.24. The molecule has 0 radical (unpaired) electrons. The quantitative estimate of drug-likeness (QED) is 0.491. The number of benzene rings is 1. The molecule has 1 atom stereocenters. The number of carboxylic acids is 1. The van der Waals surface area contributed by atoms with Crippen molar-refractivity contribution >= 4 is 17.3 Å². The predicted molar refractivity (Wildman–Crippen MR) is 75.7 cm³/mol. The van der Waals surface area contributed by atoms with Crippen LogP contribution in [0.2, 0.25) is 0 Å². The van der Waals surface area contributed by atoms with Crippen LogP contribution in [0.4, 0.5) is 11.4 Å². The number of nitro benzene ring substituents is 1. The summed E-state index contributed by atoms with van der Waals surface area (Å²) in [7, 11) is 1.53. The second-order valence-corrected chi connectivity index (χ2v) is 4.89. The van der Waals surface area contributed by atoms with Crippen molar-refractivity contribution in [3.05, 3.63) is 33.9 Å². The fourth-order valence-corrected chi connectivity index (χ4v) is 1.68. The summed E-state index contributed by atoms with van der Waals surface area (Å²) in [6.45, 7) is 2.14.